The summed E-state index contributed by atoms with van der Waals surface area (Å²) in [6.45, 7) is 6.95. The maximum Gasteiger partial charge on any atom is 0.308 e. The highest BCUT2D eigenvalue weighted by molar-refractivity contribution is 5.72. The van der Waals surface area contributed by atoms with E-state index in [1.54, 1.807) is 0 Å². The number of esters is 2. The number of rotatable bonds is 10. The van der Waals surface area contributed by atoms with Gasteiger partial charge in [-0.05, 0) is 33.1 Å². The number of hydrogen-bond donors (Lipinski definition) is 0. The van der Waals surface area contributed by atoms with Gasteiger partial charge in [0.25, 0.3) is 0 Å². The maximum atomic E-state index is 11.2. The smallest absolute Gasteiger partial charge is 0.308 e. The summed E-state index contributed by atoms with van der Waals surface area (Å²) in [5.74, 6) is 0.189. The minimum Gasteiger partial charge on any atom is -0.466 e. The van der Waals surface area contributed by atoms with Gasteiger partial charge in [-0.25, -0.2) is 0 Å². The molecule has 0 atom stereocenters. The van der Waals surface area contributed by atoms with Crippen LogP contribution in [0.5, 0.6) is 0 Å². The first-order valence-corrected chi connectivity index (χ1v) is 9.97. The summed E-state index contributed by atoms with van der Waals surface area (Å²) in [4.78, 5) is 22.1. The van der Waals surface area contributed by atoms with E-state index in [2.05, 4.69) is 6.92 Å². The Labute approximate surface area is 148 Å². The molecule has 1 aliphatic carbocycles. The largest absolute Gasteiger partial charge is 0.466 e. The zero-order chi connectivity index (χ0) is 18.0. The fourth-order valence-corrected chi connectivity index (χ4v) is 2.88. The molecule has 0 saturated heterocycles. The predicted octanol–water partition coefficient (Wildman–Crippen LogP) is 5.43. The second kappa shape index (κ2) is 16.8. The molecule has 0 amide bonds. The van der Waals surface area contributed by atoms with Gasteiger partial charge in [0.2, 0.25) is 0 Å². The lowest BCUT2D eigenvalue weighted by Crippen LogP contribution is -2.20. The van der Waals surface area contributed by atoms with Crippen molar-refractivity contribution in [3.05, 3.63) is 0 Å². The molecule has 0 aromatic rings. The van der Waals surface area contributed by atoms with Crippen LogP contribution in [0.15, 0.2) is 0 Å². The molecule has 0 aliphatic heterocycles. The number of carbonyl (C=O) groups is 2. The molecule has 142 valence electrons. The van der Waals surface area contributed by atoms with E-state index in [1.165, 1.54) is 51.4 Å². The van der Waals surface area contributed by atoms with Gasteiger partial charge in [0.1, 0.15) is 0 Å². The quantitative estimate of drug-likeness (QED) is 0.392. The second-order valence-electron chi connectivity index (χ2n) is 6.41. The third-order valence-corrected chi connectivity index (χ3v) is 4.26. The Balaban J connectivity index is 0.000000446. The molecule has 1 rings (SSSR count). The molecule has 0 spiro atoms. The summed E-state index contributed by atoms with van der Waals surface area (Å²) in [5.41, 5.74) is 0. The van der Waals surface area contributed by atoms with Crippen LogP contribution < -0.4 is 0 Å². The zero-order valence-electron chi connectivity index (χ0n) is 16.1. The summed E-state index contributed by atoms with van der Waals surface area (Å²) in [5, 5.41) is 0. The van der Waals surface area contributed by atoms with Crippen molar-refractivity contribution >= 4 is 11.9 Å². The van der Waals surface area contributed by atoms with Crippen LogP contribution in [0.3, 0.4) is 0 Å². The summed E-state index contributed by atoms with van der Waals surface area (Å²) >= 11 is 0. The van der Waals surface area contributed by atoms with Crippen LogP contribution in [0.2, 0.25) is 0 Å². The van der Waals surface area contributed by atoms with Gasteiger partial charge in [0.15, 0.2) is 0 Å². The number of hydrogen-bond acceptors (Lipinski definition) is 4. The Hall–Kier alpha value is -1.06. The van der Waals surface area contributed by atoms with Gasteiger partial charge in [-0.1, -0.05) is 58.3 Å². The molecule has 4 heteroatoms. The van der Waals surface area contributed by atoms with Crippen LogP contribution in [0.1, 0.15) is 97.8 Å². The van der Waals surface area contributed by atoms with E-state index in [-0.39, 0.29) is 17.9 Å². The van der Waals surface area contributed by atoms with Crippen molar-refractivity contribution in [1.82, 2.24) is 0 Å². The molecule has 1 aliphatic rings. The van der Waals surface area contributed by atoms with Crippen LogP contribution in [0.25, 0.3) is 0 Å². The second-order valence-corrected chi connectivity index (χ2v) is 6.41. The van der Waals surface area contributed by atoms with Crippen molar-refractivity contribution in [1.29, 1.82) is 0 Å². The number of ether oxygens (including phenoxy) is 2. The number of carbonyl (C=O) groups excluding carboxylic acids is 2. The average Bonchev–Trinajstić information content (AvgIpc) is 2.60. The molecular weight excluding hydrogens is 304 g/mol. The summed E-state index contributed by atoms with van der Waals surface area (Å²) in [7, 11) is 0. The van der Waals surface area contributed by atoms with Gasteiger partial charge in [-0.15, -0.1) is 0 Å². The topological polar surface area (TPSA) is 52.6 Å². The van der Waals surface area contributed by atoms with E-state index < -0.39 is 0 Å². The molecule has 0 unspecified atom stereocenters. The van der Waals surface area contributed by atoms with Crippen LogP contribution in [-0.4, -0.2) is 25.2 Å². The molecule has 4 nitrogen and oxygen atoms in total. The van der Waals surface area contributed by atoms with Crippen LogP contribution in [0, 0.1) is 5.92 Å². The first kappa shape index (κ1) is 22.9. The fourth-order valence-electron chi connectivity index (χ4n) is 2.88. The van der Waals surface area contributed by atoms with Crippen LogP contribution in [-0.2, 0) is 19.1 Å². The van der Waals surface area contributed by atoms with Gasteiger partial charge in [0.05, 0.1) is 19.1 Å². The van der Waals surface area contributed by atoms with Gasteiger partial charge >= 0.3 is 11.9 Å². The van der Waals surface area contributed by atoms with Crippen molar-refractivity contribution in [3.63, 3.8) is 0 Å². The van der Waals surface area contributed by atoms with E-state index in [0.29, 0.717) is 19.6 Å². The summed E-state index contributed by atoms with van der Waals surface area (Å²) in [6, 6.07) is 0. The Kier molecular flexibility index (Phi) is 16.0. The highest BCUT2D eigenvalue weighted by Crippen LogP contribution is 2.24. The third kappa shape index (κ3) is 13.4. The SMILES string of the molecule is CCCCCCCCC(=O)OCC.CCOC(=O)C1CCCCC1. The minimum absolute atomic E-state index is 0.0206. The lowest BCUT2D eigenvalue weighted by atomic mass is 9.89. The Bertz CT molecular complexity index is 309. The average molecular weight is 343 g/mol. The minimum atomic E-state index is -0.0435. The van der Waals surface area contributed by atoms with E-state index in [1.807, 2.05) is 13.8 Å². The first-order valence-electron chi connectivity index (χ1n) is 9.97. The first-order chi connectivity index (χ1) is 11.7. The molecular formula is C20H38O4. The maximum absolute atomic E-state index is 11.2. The molecule has 0 heterocycles. The Morgan fingerprint density at radius 2 is 1.38 bits per heavy atom. The van der Waals surface area contributed by atoms with Crippen molar-refractivity contribution in [2.75, 3.05) is 13.2 Å². The molecule has 24 heavy (non-hydrogen) atoms. The van der Waals surface area contributed by atoms with Gasteiger partial charge < -0.3 is 9.47 Å². The van der Waals surface area contributed by atoms with Gasteiger partial charge in [-0.3, -0.25) is 9.59 Å². The lowest BCUT2D eigenvalue weighted by molar-refractivity contribution is -0.149. The molecule has 0 N–H and O–H groups in total. The Morgan fingerprint density at radius 1 is 0.792 bits per heavy atom. The van der Waals surface area contributed by atoms with E-state index in [9.17, 15) is 9.59 Å². The highest BCUT2D eigenvalue weighted by atomic mass is 16.5. The Morgan fingerprint density at radius 3 is 1.96 bits per heavy atom. The summed E-state index contributed by atoms with van der Waals surface area (Å²) < 4.78 is 9.77. The van der Waals surface area contributed by atoms with Gasteiger partial charge in [0, 0.05) is 6.42 Å². The molecule has 1 saturated carbocycles. The normalized spacial score (nSPS) is 14.5. The van der Waals surface area contributed by atoms with Crippen molar-refractivity contribution < 1.29 is 19.1 Å². The van der Waals surface area contributed by atoms with Crippen molar-refractivity contribution in [3.8, 4) is 0 Å². The van der Waals surface area contributed by atoms with Crippen LogP contribution >= 0.6 is 0 Å². The summed E-state index contributed by atoms with van der Waals surface area (Å²) in [6.07, 6.45) is 13.7. The van der Waals surface area contributed by atoms with E-state index in [0.717, 1.165) is 19.3 Å². The van der Waals surface area contributed by atoms with Crippen LogP contribution in [0.4, 0.5) is 0 Å². The molecule has 0 bridgehead atoms. The van der Waals surface area contributed by atoms with E-state index in [4.69, 9.17) is 9.47 Å². The lowest BCUT2D eigenvalue weighted by Gasteiger charge is -2.19. The fraction of sp³-hybridized carbons (Fsp3) is 0.900. The highest BCUT2D eigenvalue weighted by Gasteiger charge is 2.21. The number of unbranched alkanes of at least 4 members (excludes halogenated alkanes) is 5. The van der Waals surface area contributed by atoms with Crippen molar-refractivity contribution in [2.24, 2.45) is 5.92 Å². The third-order valence-electron chi connectivity index (χ3n) is 4.26. The van der Waals surface area contributed by atoms with E-state index >= 15 is 0 Å². The molecule has 0 aromatic carbocycles. The van der Waals surface area contributed by atoms with Gasteiger partial charge in [-0.2, -0.15) is 0 Å². The predicted molar refractivity (Wildman–Crippen MR) is 97.8 cm³/mol. The molecule has 0 radical (unpaired) electrons. The van der Waals surface area contributed by atoms with Crippen molar-refractivity contribution in [2.45, 2.75) is 97.8 Å². The monoisotopic (exact) mass is 342 g/mol. The molecule has 0 aromatic heterocycles. The zero-order valence-corrected chi connectivity index (χ0v) is 16.1. The molecule has 1 fully saturated rings. The standard InChI is InChI=1S/C11H22O2.C9H16O2/c1-3-5-6-7-8-9-10-11(12)13-4-2;1-2-11-9(10)8-6-4-3-5-7-8/h3-10H2,1-2H3;8H,2-7H2,1H3.